The van der Waals surface area contributed by atoms with Crippen LogP contribution in [0.25, 0.3) is 0 Å². The number of aromatic carboxylic acids is 1. The second-order valence-electron chi connectivity index (χ2n) is 5.69. The van der Waals surface area contributed by atoms with Gasteiger partial charge in [0.15, 0.2) is 0 Å². The van der Waals surface area contributed by atoms with E-state index in [-0.39, 0.29) is 11.8 Å². The lowest BCUT2D eigenvalue weighted by Gasteiger charge is -2.33. The maximum Gasteiger partial charge on any atom is 0.354 e. The largest absolute Gasteiger partial charge is 0.477 e. The number of hydrogen-bond donors (Lipinski definition) is 1. The van der Waals surface area contributed by atoms with Gasteiger partial charge in [0.05, 0.1) is 24.6 Å². The number of hydrogen-bond acceptors (Lipinski definition) is 4. The van der Waals surface area contributed by atoms with Crippen LogP contribution in [0.5, 0.6) is 0 Å². The molecule has 2 aromatic rings. The van der Waals surface area contributed by atoms with Crippen LogP contribution in [0.15, 0.2) is 48.7 Å². The van der Waals surface area contributed by atoms with Crippen molar-refractivity contribution in [3.8, 4) is 0 Å². The predicted octanol–water partition coefficient (Wildman–Crippen LogP) is 2.97. The van der Waals surface area contributed by atoms with E-state index >= 15 is 0 Å². The fraction of sp³-hybridized carbons (Fsp3) is 0.333. The van der Waals surface area contributed by atoms with Crippen LogP contribution < -0.4 is 4.90 Å². The second-order valence-corrected chi connectivity index (χ2v) is 5.69. The lowest BCUT2D eigenvalue weighted by molar-refractivity contribution is 0.0251. The zero-order valence-corrected chi connectivity index (χ0v) is 12.9. The SMILES string of the molecule is O=C(O)c1ccc(N2CCC(OCc3ccccc3)CC2)cn1. The molecule has 1 aliphatic rings. The number of piperidine rings is 1. The lowest BCUT2D eigenvalue weighted by Crippen LogP contribution is -2.37. The fourth-order valence-corrected chi connectivity index (χ4v) is 2.77. The predicted molar refractivity (Wildman–Crippen MR) is 87.7 cm³/mol. The number of rotatable bonds is 5. The van der Waals surface area contributed by atoms with Crippen LogP contribution in [0.2, 0.25) is 0 Å². The maximum absolute atomic E-state index is 10.8. The summed E-state index contributed by atoms with van der Waals surface area (Å²) in [6.07, 6.45) is 3.84. The van der Waals surface area contributed by atoms with Crippen molar-refractivity contribution in [2.24, 2.45) is 0 Å². The summed E-state index contributed by atoms with van der Waals surface area (Å²) in [6, 6.07) is 13.6. The average molecular weight is 312 g/mol. The first-order chi connectivity index (χ1) is 11.2. The number of aromatic nitrogens is 1. The molecule has 23 heavy (non-hydrogen) atoms. The molecule has 5 nitrogen and oxygen atoms in total. The van der Waals surface area contributed by atoms with Crippen LogP contribution in [-0.4, -0.2) is 35.3 Å². The molecule has 1 aromatic heterocycles. The van der Waals surface area contributed by atoms with E-state index in [1.54, 1.807) is 12.3 Å². The van der Waals surface area contributed by atoms with Crippen LogP contribution in [0, 0.1) is 0 Å². The molecule has 0 bridgehead atoms. The summed E-state index contributed by atoms with van der Waals surface area (Å²) >= 11 is 0. The van der Waals surface area contributed by atoms with Crippen molar-refractivity contribution < 1.29 is 14.6 Å². The third-order valence-electron chi connectivity index (χ3n) is 4.10. The molecule has 1 N–H and O–H groups in total. The highest BCUT2D eigenvalue weighted by molar-refractivity contribution is 5.85. The first-order valence-corrected chi connectivity index (χ1v) is 7.82. The van der Waals surface area contributed by atoms with E-state index in [9.17, 15) is 4.79 Å². The molecule has 0 atom stereocenters. The molecular formula is C18H20N2O3. The van der Waals surface area contributed by atoms with Gasteiger partial charge in [0, 0.05) is 13.1 Å². The average Bonchev–Trinajstić information content (AvgIpc) is 2.61. The number of benzene rings is 1. The highest BCUT2D eigenvalue weighted by Gasteiger charge is 2.20. The van der Waals surface area contributed by atoms with Gasteiger partial charge in [-0.15, -0.1) is 0 Å². The van der Waals surface area contributed by atoms with Gasteiger partial charge in [0.1, 0.15) is 5.69 Å². The van der Waals surface area contributed by atoms with E-state index < -0.39 is 5.97 Å². The van der Waals surface area contributed by atoms with Crippen molar-refractivity contribution in [2.45, 2.75) is 25.6 Å². The standard InChI is InChI=1S/C18H20N2O3/c21-18(22)17-7-6-15(12-19-17)20-10-8-16(9-11-20)23-13-14-4-2-1-3-5-14/h1-7,12,16H,8-11,13H2,(H,21,22). The molecule has 0 aliphatic carbocycles. The Hall–Kier alpha value is -2.40. The Labute approximate surface area is 135 Å². The fourth-order valence-electron chi connectivity index (χ4n) is 2.77. The summed E-state index contributed by atoms with van der Waals surface area (Å²) in [5.41, 5.74) is 2.25. The number of carbonyl (C=O) groups is 1. The van der Waals surface area contributed by atoms with Crippen molar-refractivity contribution in [1.29, 1.82) is 0 Å². The molecule has 1 aromatic carbocycles. The zero-order valence-electron chi connectivity index (χ0n) is 12.9. The van der Waals surface area contributed by atoms with Crippen LogP contribution in [0.1, 0.15) is 28.9 Å². The van der Waals surface area contributed by atoms with Gasteiger partial charge >= 0.3 is 5.97 Å². The molecule has 120 valence electrons. The Morgan fingerprint density at radius 1 is 1.17 bits per heavy atom. The van der Waals surface area contributed by atoms with Gasteiger partial charge < -0.3 is 14.7 Å². The van der Waals surface area contributed by atoms with Gasteiger partial charge in [0.2, 0.25) is 0 Å². The molecule has 0 saturated carbocycles. The molecule has 3 rings (SSSR count). The highest BCUT2D eigenvalue weighted by atomic mass is 16.5. The summed E-state index contributed by atoms with van der Waals surface area (Å²) < 4.78 is 5.98. The quantitative estimate of drug-likeness (QED) is 0.919. The molecule has 5 heteroatoms. The van der Waals surface area contributed by atoms with Crippen LogP contribution in [-0.2, 0) is 11.3 Å². The van der Waals surface area contributed by atoms with Crippen LogP contribution >= 0.6 is 0 Å². The van der Waals surface area contributed by atoms with E-state index in [2.05, 4.69) is 22.0 Å². The lowest BCUT2D eigenvalue weighted by atomic mass is 10.1. The summed E-state index contributed by atoms with van der Waals surface area (Å²) in [6.45, 7) is 2.45. The minimum atomic E-state index is -0.996. The minimum Gasteiger partial charge on any atom is -0.477 e. The topological polar surface area (TPSA) is 62.7 Å². The number of nitrogens with zero attached hydrogens (tertiary/aromatic N) is 2. The van der Waals surface area contributed by atoms with E-state index in [0.29, 0.717) is 6.61 Å². The third-order valence-corrected chi connectivity index (χ3v) is 4.10. The van der Waals surface area contributed by atoms with Gasteiger partial charge in [-0.05, 0) is 30.5 Å². The van der Waals surface area contributed by atoms with Crippen molar-refractivity contribution in [2.75, 3.05) is 18.0 Å². The molecule has 0 unspecified atom stereocenters. The Kier molecular flexibility index (Phi) is 4.88. The second kappa shape index (κ2) is 7.24. The first kappa shape index (κ1) is 15.5. The summed E-state index contributed by atoms with van der Waals surface area (Å²) in [4.78, 5) is 17.0. The summed E-state index contributed by atoms with van der Waals surface area (Å²) in [5, 5.41) is 8.88. The molecule has 1 aliphatic heterocycles. The van der Waals surface area contributed by atoms with Crippen molar-refractivity contribution in [1.82, 2.24) is 4.98 Å². The maximum atomic E-state index is 10.8. The van der Waals surface area contributed by atoms with Gasteiger partial charge in [-0.25, -0.2) is 9.78 Å². The van der Waals surface area contributed by atoms with E-state index in [4.69, 9.17) is 9.84 Å². The highest BCUT2D eigenvalue weighted by Crippen LogP contribution is 2.21. The molecule has 0 spiro atoms. The molecule has 1 saturated heterocycles. The van der Waals surface area contributed by atoms with E-state index in [0.717, 1.165) is 31.6 Å². The zero-order chi connectivity index (χ0) is 16.1. The van der Waals surface area contributed by atoms with Gasteiger partial charge in [-0.1, -0.05) is 30.3 Å². The van der Waals surface area contributed by atoms with Crippen molar-refractivity contribution in [3.05, 3.63) is 59.9 Å². The Morgan fingerprint density at radius 3 is 2.52 bits per heavy atom. The normalized spacial score (nSPS) is 15.6. The Balaban J connectivity index is 1.49. The third kappa shape index (κ3) is 4.07. The van der Waals surface area contributed by atoms with Gasteiger partial charge in [0.25, 0.3) is 0 Å². The number of ether oxygens (including phenoxy) is 1. The number of anilines is 1. The first-order valence-electron chi connectivity index (χ1n) is 7.82. The minimum absolute atomic E-state index is 0.0785. The summed E-state index contributed by atoms with van der Waals surface area (Å²) in [5.74, 6) is -0.996. The molecule has 1 fully saturated rings. The molecule has 0 radical (unpaired) electrons. The summed E-state index contributed by atoms with van der Waals surface area (Å²) in [7, 11) is 0. The molecular weight excluding hydrogens is 292 g/mol. The van der Waals surface area contributed by atoms with Crippen molar-refractivity contribution in [3.63, 3.8) is 0 Å². The monoisotopic (exact) mass is 312 g/mol. The molecule has 2 heterocycles. The Bertz CT molecular complexity index is 635. The van der Waals surface area contributed by atoms with Crippen LogP contribution in [0.3, 0.4) is 0 Å². The van der Waals surface area contributed by atoms with E-state index in [1.165, 1.54) is 5.56 Å². The molecule has 0 amide bonds. The van der Waals surface area contributed by atoms with Gasteiger partial charge in [-0.3, -0.25) is 0 Å². The number of pyridine rings is 1. The van der Waals surface area contributed by atoms with Crippen LogP contribution in [0.4, 0.5) is 5.69 Å². The number of carboxylic acid groups (broad SMARTS) is 1. The van der Waals surface area contributed by atoms with Gasteiger partial charge in [-0.2, -0.15) is 0 Å². The number of carboxylic acids is 1. The smallest absolute Gasteiger partial charge is 0.354 e. The van der Waals surface area contributed by atoms with E-state index in [1.807, 2.05) is 24.3 Å². The van der Waals surface area contributed by atoms with Crippen molar-refractivity contribution >= 4 is 11.7 Å². The Morgan fingerprint density at radius 2 is 1.91 bits per heavy atom.